The average Bonchev–Trinajstić information content (AvgIpc) is 0.929. The molecule has 0 aliphatic rings. The van der Waals surface area contributed by atoms with Crippen molar-refractivity contribution in [2.45, 2.75) is 464 Å². The SMILES string of the molecule is CCCCCCCCCCCCCCCCCCCCCCC(=O)O[C@H](COC(=O)CCCCCCCCCCCCCCCCC)COP(=O)(O)OC[C@@H](O)COP(=O)(O)OC[C@@H](COC(=O)CCCCCCCCCCC(C)CC)OC(=O)CCCCCCCCCCCCCCCCC. The fourth-order valence-electron chi connectivity index (χ4n) is 12.9. The van der Waals surface area contributed by atoms with Gasteiger partial charge in [-0.2, -0.15) is 0 Å². The van der Waals surface area contributed by atoms with Crippen LogP contribution in [0.3, 0.4) is 0 Å². The second-order valence-corrected chi connectivity index (χ2v) is 33.0. The second kappa shape index (κ2) is 75.9. The molecular formula is C83H162O17P2. The van der Waals surface area contributed by atoms with Crippen molar-refractivity contribution in [1.82, 2.24) is 0 Å². The largest absolute Gasteiger partial charge is 0.472 e. The summed E-state index contributed by atoms with van der Waals surface area (Å²) in [6.07, 6.45) is 67.9. The molecule has 3 unspecified atom stereocenters. The highest BCUT2D eigenvalue weighted by Crippen LogP contribution is 2.45. The first-order valence-corrected chi connectivity index (χ1v) is 46.2. The van der Waals surface area contributed by atoms with Crippen LogP contribution >= 0.6 is 15.6 Å². The topological polar surface area (TPSA) is 237 Å². The Labute approximate surface area is 626 Å². The van der Waals surface area contributed by atoms with Crippen LogP contribution < -0.4 is 0 Å². The molecular weight excluding hydrogens is 1330 g/mol. The Kier molecular flexibility index (Phi) is 74.4. The van der Waals surface area contributed by atoms with Gasteiger partial charge in [-0.05, 0) is 31.6 Å². The van der Waals surface area contributed by atoms with Gasteiger partial charge in [-0.3, -0.25) is 37.3 Å². The van der Waals surface area contributed by atoms with Crippen molar-refractivity contribution in [3.8, 4) is 0 Å². The minimum Gasteiger partial charge on any atom is -0.462 e. The third-order valence-corrected chi connectivity index (χ3v) is 21.8. The third kappa shape index (κ3) is 74.9. The van der Waals surface area contributed by atoms with Gasteiger partial charge in [0.05, 0.1) is 26.4 Å². The number of hydrogen-bond donors (Lipinski definition) is 3. The molecule has 0 saturated carbocycles. The maximum atomic E-state index is 13.1. The van der Waals surface area contributed by atoms with Gasteiger partial charge in [0.15, 0.2) is 12.2 Å². The van der Waals surface area contributed by atoms with E-state index < -0.39 is 97.5 Å². The molecule has 3 N–H and O–H groups in total. The number of phosphoric ester groups is 2. The molecule has 0 aromatic heterocycles. The number of unbranched alkanes of at least 4 members (excludes halogenated alkanes) is 54. The summed E-state index contributed by atoms with van der Waals surface area (Å²) in [7, 11) is -9.92. The summed E-state index contributed by atoms with van der Waals surface area (Å²) in [5.41, 5.74) is 0. The van der Waals surface area contributed by atoms with Gasteiger partial charge in [-0.1, -0.05) is 394 Å². The molecule has 102 heavy (non-hydrogen) atoms. The molecule has 0 aromatic carbocycles. The molecule has 0 aliphatic carbocycles. The van der Waals surface area contributed by atoms with E-state index in [9.17, 15) is 43.2 Å². The highest BCUT2D eigenvalue weighted by atomic mass is 31.2. The molecule has 0 aliphatic heterocycles. The van der Waals surface area contributed by atoms with E-state index in [2.05, 4.69) is 34.6 Å². The zero-order chi connectivity index (χ0) is 74.8. The van der Waals surface area contributed by atoms with Crippen LogP contribution in [-0.2, 0) is 65.4 Å². The van der Waals surface area contributed by atoms with E-state index in [1.54, 1.807) is 0 Å². The van der Waals surface area contributed by atoms with Crippen LogP contribution in [0.4, 0.5) is 0 Å². The molecule has 19 heteroatoms. The summed E-state index contributed by atoms with van der Waals surface area (Å²) in [6, 6.07) is 0. The van der Waals surface area contributed by atoms with E-state index in [-0.39, 0.29) is 25.7 Å². The molecule has 606 valence electrons. The average molecular weight is 1490 g/mol. The van der Waals surface area contributed by atoms with E-state index in [0.29, 0.717) is 25.7 Å². The molecule has 0 spiro atoms. The Hall–Kier alpha value is -1.94. The summed E-state index contributed by atoms with van der Waals surface area (Å²) in [4.78, 5) is 73.1. The van der Waals surface area contributed by atoms with Gasteiger partial charge in [0.1, 0.15) is 19.3 Å². The number of aliphatic hydroxyl groups excluding tert-OH is 1. The van der Waals surface area contributed by atoms with Crippen LogP contribution in [0.5, 0.6) is 0 Å². The maximum absolute atomic E-state index is 13.1. The predicted octanol–water partition coefficient (Wildman–Crippen LogP) is 25.2. The lowest BCUT2D eigenvalue weighted by Crippen LogP contribution is -2.30. The summed E-state index contributed by atoms with van der Waals surface area (Å²) in [5.74, 6) is -1.32. The summed E-state index contributed by atoms with van der Waals surface area (Å²) < 4.78 is 68.8. The number of carbonyl (C=O) groups excluding carboxylic acids is 4. The van der Waals surface area contributed by atoms with E-state index >= 15 is 0 Å². The Morgan fingerprint density at radius 1 is 0.275 bits per heavy atom. The number of carbonyl (C=O) groups is 4. The van der Waals surface area contributed by atoms with Gasteiger partial charge < -0.3 is 33.8 Å². The summed E-state index contributed by atoms with van der Waals surface area (Å²) >= 11 is 0. The fraction of sp³-hybridized carbons (Fsp3) is 0.952. The Morgan fingerprint density at radius 2 is 0.471 bits per heavy atom. The van der Waals surface area contributed by atoms with Gasteiger partial charge in [-0.25, -0.2) is 9.13 Å². The first-order valence-electron chi connectivity index (χ1n) is 43.2. The van der Waals surface area contributed by atoms with Gasteiger partial charge >= 0.3 is 39.5 Å². The lowest BCUT2D eigenvalue weighted by molar-refractivity contribution is -0.161. The van der Waals surface area contributed by atoms with Crippen LogP contribution in [0.1, 0.15) is 446 Å². The molecule has 0 rings (SSSR count). The zero-order valence-electron chi connectivity index (χ0n) is 66.8. The number of aliphatic hydroxyl groups is 1. The van der Waals surface area contributed by atoms with Crippen molar-refractivity contribution >= 4 is 39.5 Å². The predicted molar refractivity (Wildman–Crippen MR) is 418 cm³/mol. The second-order valence-electron chi connectivity index (χ2n) is 30.1. The quantitative estimate of drug-likeness (QED) is 0.0222. The third-order valence-electron chi connectivity index (χ3n) is 19.9. The number of rotatable bonds is 83. The molecule has 0 radical (unpaired) electrons. The van der Waals surface area contributed by atoms with Crippen LogP contribution in [0, 0.1) is 5.92 Å². The van der Waals surface area contributed by atoms with Crippen molar-refractivity contribution in [3.63, 3.8) is 0 Å². The number of ether oxygens (including phenoxy) is 4. The molecule has 6 atom stereocenters. The van der Waals surface area contributed by atoms with Crippen LogP contribution in [0.25, 0.3) is 0 Å². The fourth-order valence-corrected chi connectivity index (χ4v) is 14.5. The van der Waals surface area contributed by atoms with Crippen molar-refractivity contribution in [1.29, 1.82) is 0 Å². The van der Waals surface area contributed by atoms with E-state index in [4.69, 9.17) is 37.0 Å². The number of esters is 4. The van der Waals surface area contributed by atoms with Crippen molar-refractivity contribution < 1.29 is 80.2 Å². The van der Waals surface area contributed by atoms with Crippen LogP contribution in [-0.4, -0.2) is 96.7 Å². The lowest BCUT2D eigenvalue weighted by Gasteiger charge is -2.21. The molecule has 0 fully saturated rings. The van der Waals surface area contributed by atoms with Crippen molar-refractivity contribution in [3.05, 3.63) is 0 Å². The van der Waals surface area contributed by atoms with Crippen LogP contribution in [0.15, 0.2) is 0 Å². The van der Waals surface area contributed by atoms with Gasteiger partial charge in [-0.15, -0.1) is 0 Å². The molecule has 0 heterocycles. The first-order chi connectivity index (χ1) is 49.6. The highest BCUT2D eigenvalue weighted by molar-refractivity contribution is 7.47. The standard InChI is InChI=1S/C83H162O17P2/c1-6-10-13-16-19-22-25-28-31-32-33-34-35-38-41-44-47-54-59-64-69-82(87)99-78(72-93-80(85)66-61-56-51-45-42-39-36-29-26-23-20-17-14-11-7-2)74-97-101(89,90)95-70-77(84)71-96-102(91,92)98-75-79(73-94-81(86)67-62-57-52-49-48-50-55-60-65-76(5)9-4)100-83(88)68-63-58-53-46-43-40-37-30-27-24-21-18-15-12-8-3/h76-79,84H,6-75H2,1-5H3,(H,89,90)(H,91,92)/t76?,77-,78-,79-/m1/s1. The van der Waals surface area contributed by atoms with Gasteiger partial charge in [0.2, 0.25) is 0 Å². The minimum absolute atomic E-state index is 0.108. The highest BCUT2D eigenvalue weighted by Gasteiger charge is 2.30. The minimum atomic E-state index is -4.96. The summed E-state index contributed by atoms with van der Waals surface area (Å²) in [6.45, 7) is 7.35. The lowest BCUT2D eigenvalue weighted by atomic mass is 9.99. The van der Waals surface area contributed by atoms with E-state index in [1.807, 2.05) is 0 Å². The van der Waals surface area contributed by atoms with Crippen molar-refractivity contribution in [2.24, 2.45) is 5.92 Å². The molecule has 0 aromatic rings. The van der Waals surface area contributed by atoms with Gasteiger partial charge in [0.25, 0.3) is 0 Å². The van der Waals surface area contributed by atoms with E-state index in [1.165, 1.54) is 270 Å². The van der Waals surface area contributed by atoms with Gasteiger partial charge in [0, 0.05) is 25.7 Å². The Morgan fingerprint density at radius 3 is 0.696 bits per heavy atom. The molecule has 0 amide bonds. The van der Waals surface area contributed by atoms with E-state index in [0.717, 1.165) is 95.8 Å². The Bertz CT molecular complexity index is 1950. The first kappa shape index (κ1) is 100. The van der Waals surface area contributed by atoms with Crippen molar-refractivity contribution in [2.75, 3.05) is 39.6 Å². The smallest absolute Gasteiger partial charge is 0.462 e. The Balaban J connectivity index is 5.25. The molecule has 0 saturated heterocycles. The summed E-state index contributed by atoms with van der Waals surface area (Å²) in [5, 5.41) is 10.7. The normalized spacial score (nSPS) is 14.1. The van der Waals surface area contributed by atoms with Crippen LogP contribution in [0.2, 0.25) is 0 Å². The zero-order valence-corrected chi connectivity index (χ0v) is 68.5. The monoisotopic (exact) mass is 1490 g/mol. The molecule has 17 nitrogen and oxygen atoms in total. The number of hydrogen-bond acceptors (Lipinski definition) is 15. The number of phosphoric acid groups is 2. The molecule has 0 bridgehead atoms. The maximum Gasteiger partial charge on any atom is 0.472 e.